The average Bonchev–Trinajstić information content (AvgIpc) is 2.64. The van der Waals surface area contributed by atoms with Crippen LogP contribution in [0, 0.1) is 0 Å². The number of hydrogen-bond donors (Lipinski definition) is 0. The molecule has 7 nitrogen and oxygen atoms in total. The molecule has 2 rings (SSSR count). The molecule has 7 heteroatoms. The molecule has 1 aliphatic rings. The smallest absolute Gasteiger partial charge is 0.331 e. The van der Waals surface area contributed by atoms with E-state index < -0.39 is 5.97 Å². The van der Waals surface area contributed by atoms with Crippen LogP contribution >= 0.6 is 0 Å². The second kappa shape index (κ2) is 10.1. The van der Waals surface area contributed by atoms with Crippen LogP contribution in [0.1, 0.15) is 33.3 Å². The van der Waals surface area contributed by atoms with Crippen LogP contribution in [0.25, 0.3) is 6.08 Å². The Labute approximate surface area is 166 Å². The molecule has 0 radical (unpaired) electrons. The average molecular weight is 391 g/mol. The molecule has 0 aliphatic carbocycles. The summed E-state index contributed by atoms with van der Waals surface area (Å²) in [6.07, 6.45) is 2.87. The number of amides is 1. The van der Waals surface area contributed by atoms with Crippen LogP contribution in [0.2, 0.25) is 0 Å². The quantitative estimate of drug-likeness (QED) is 0.526. The molecule has 0 saturated carbocycles. The first-order valence-corrected chi connectivity index (χ1v) is 9.41. The predicted molar refractivity (Wildman–Crippen MR) is 105 cm³/mol. The first kappa shape index (κ1) is 21.8. The van der Waals surface area contributed by atoms with E-state index >= 15 is 0 Å². The Balaban J connectivity index is 1.88. The first-order valence-electron chi connectivity index (χ1n) is 9.41. The lowest BCUT2D eigenvalue weighted by Gasteiger charge is -2.35. The van der Waals surface area contributed by atoms with Crippen LogP contribution in [-0.2, 0) is 19.1 Å². The highest BCUT2D eigenvalue weighted by atomic mass is 16.5. The van der Waals surface area contributed by atoms with Gasteiger partial charge in [-0.15, -0.1) is 0 Å². The first-order chi connectivity index (χ1) is 13.3. The van der Waals surface area contributed by atoms with Gasteiger partial charge in [0.15, 0.2) is 18.1 Å². The summed E-state index contributed by atoms with van der Waals surface area (Å²) >= 11 is 0. The van der Waals surface area contributed by atoms with Crippen LogP contribution in [0.5, 0.6) is 11.5 Å². The van der Waals surface area contributed by atoms with Crippen molar-refractivity contribution >= 4 is 18.0 Å². The van der Waals surface area contributed by atoms with Gasteiger partial charge in [-0.3, -0.25) is 4.79 Å². The van der Waals surface area contributed by atoms with E-state index in [0.29, 0.717) is 24.6 Å². The SMILES string of the molecule is COc1cc(/C=C/C(=O)OCC(=O)N2C[C@H](C)O[C@@H](C)C2)ccc1OC(C)C. The van der Waals surface area contributed by atoms with Gasteiger partial charge in [0, 0.05) is 19.2 Å². The number of ether oxygens (including phenoxy) is 4. The Hall–Kier alpha value is -2.54. The van der Waals surface area contributed by atoms with Gasteiger partial charge in [-0.25, -0.2) is 4.79 Å². The molecule has 1 amide bonds. The van der Waals surface area contributed by atoms with Gasteiger partial charge < -0.3 is 23.8 Å². The number of nitrogens with zero attached hydrogens (tertiary/aromatic N) is 1. The molecule has 1 fully saturated rings. The summed E-state index contributed by atoms with van der Waals surface area (Å²) in [7, 11) is 1.56. The van der Waals surface area contributed by atoms with Crippen molar-refractivity contribution in [3.63, 3.8) is 0 Å². The van der Waals surface area contributed by atoms with Gasteiger partial charge >= 0.3 is 5.97 Å². The van der Waals surface area contributed by atoms with E-state index in [9.17, 15) is 9.59 Å². The van der Waals surface area contributed by atoms with Crippen LogP contribution in [0.4, 0.5) is 0 Å². The Morgan fingerprint density at radius 3 is 2.50 bits per heavy atom. The molecular weight excluding hydrogens is 362 g/mol. The van der Waals surface area contributed by atoms with Gasteiger partial charge in [0.05, 0.1) is 25.4 Å². The minimum Gasteiger partial charge on any atom is -0.493 e. The Morgan fingerprint density at radius 1 is 1.21 bits per heavy atom. The number of benzene rings is 1. The number of rotatable bonds is 7. The summed E-state index contributed by atoms with van der Waals surface area (Å²) in [5.74, 6) is 0.413. The highest BCUT2D eigenvalue weighted by Gasteiger charge is 2.26. The third-order valence-electron chi connectivity index (χ3n) is 4.07. The van der Waals surface area contributed by atoms with Crippen LogP contribution in [0.15, 0.2) is 24.3 Å². The standard InChI is InChI=1S/C21H29NO6/c1-14(2)27-18-8-6-17(10-19(18)25-5)7-9-21(24)26-13-20(23)22-11-15(3)28-16(4)12-22/h6-10,14-16H,11-13H2,1-5H3/b9-7+/t15-,16-/m0/s1. The second-order valence-electron chi connectivity index (χ2n) is 7.07. The van der Waals surface area contributed by atoms with Crippen LogP contribution in [0.3, 0.4) is 0 Å². The lowest BCUT2D eigenvalue weighted by Crippen LogP contribution is -2.49. The molecule has 1 heterocycles. The molecule has 2 atom stereocenters. The molecule has 1 aromatic rings. The third-order valence-corrected chi connectivity index (χ3v) is 4.07. The molecule has 1 aromatic carbocycles. The number of esters is 1. The summed E-state index contributed by atoms with van der Waals surface area (Å²) in [5.41, 5.74) is 0.757. The van der Waals surface area contributed by atoms with E-state index in [0.717, 1.165) is 5.56 Å². The summed E-state index contributed by atoms with van der Waals surface area (Å²) in [6.45, 7) is 8.41. The maximum atomic E-state index is 12.2. The molecule has 154 valence electrons. The van der Waals surface area contributed by atoms with E-state index in [1.807, 2.05) is 33.8 Å². The van der Waals surface area contributed by atoms with Crippen molar-refractivity contribution in [1.82, 2.24) is 4.90 Å². The Kier molecular flexibility index (Phi) is 7.87. The van der Waals surface area contributed by atoms with E-state index in [-0.39, 0.29) is 30.8 Å². The largest absolute Gasteiger partial charge is 0.493 e. The van der Waals surface area contributed by atoms with Gasteiger partial charge in [-0.1, -0.05) is 6.07 Å². The van der Waals surface area contributed by atoms with Crippen molar-refractivity contribution in [2.75, 3.05) is 26.8 Å². The Morgan fingerprint density at radius 2 is 1.89 bits per heavy atom. The van der Waals surface area contributed by atoms with Crippen molar-refractivity contribution in [3.8, 4) is 11.5 Å². The highest BCUT2D eigenvalue weighted by Crippen LogP contribution is 2.29. The summed E-state index contributed by atoms with van der Waals surface area (Å²) in [5, 5.41) is 0. The number of morpholine rings is 1. The fourth-order valence-corrected chi connectivity index (χ4v) is 2.96. The number of carbonyl (C=O) groups is 2. The monoisotopic (exact) mass is 391 g/mol. The lowest BCUT2D eigenvalue weighted by atomic mass is 10.2. The molecule has 28 heavy (non-hydrogen) atoms. The van der Waals surface area contributed by atoms with E-state index in [1.54, 1.807) is 30.2 Å². The van der Waals surface area contributed by atoms with Crippen LogP contribution < -0.4 is 9.47 Å². The molecule has 0 bridgehead atoms. The zero-order chi connectivity index (χ0) is 20.7. The predicted octanol–water partition coefficient (Wildman–Crippen LogP) is 2.67. The molecule has 1 aliphatic heterocycles. The minimum atomic E-state index is -0.579. The molecule has 1 saturated heterocycles. The molecule has 0 aromatic heterocycles. The summed E-state index contributed by atoms with van der Waals surface area (Å²) < 4.78 is 21.6. The topological polar surface area (TPSA) is 74.3 Å². The van der Waals surface area contributed by atoms with E-state index in [2.05, 4.69) is 0 Å². The van der Waals surface area contributed by atoms with Gasteiger partial charge in [0.2, 0.25) is 0 Å². The number of hydrogen-bond acceptors (Lipinski definition) is 6. The highest BCUT2D eigenvalue weighted by molar-refractivity contribution is 5.89. The molecule has 0 N–H and O–H groups in total. The third kappa shape index (κ3) is 6.56. The fraction of sp³-hybridized carbons (Fsp3) is 0.524. The van der Waals surface area contributed by atoms with Gasteiger partial charge in [0.25, 0.3) is 5.91 Å². The maximum Gasteiger partial charge on any atom is 0.331 e. The van der Waals surface area contributed by atoms with Crippen molar-refractivity contribution in [2.45, 2.75) is 46.0 Å². The van der Waals surface area contributed by atoms with Gasteiger partial charge in [0.1, 0.15) is 0 Å². The van der Waals surface area contributed by atoms with Gasteiger partial charge in [-0.2, -0.15) is 0 Å². The van der Waals surface area contributed by atoms with Crippen molar-refractivity contribution in [1.29, 1.82) is 0 Å². The molecular formula is C21H29NO6. The van der Waals surface area contributed by atoms with Crippen molar-refractivity contribution < 1.29 is 28.5 Å². The summed E-state index contributed by atoms with van der Waals surface area (Å²) in [4.78, 5) is 25.8. The van der Waals surface area contributed by atoms with E-state index in [4.69, 9.17) is 18.9 Å². The zero-order valence-corrected chi connectivity index (χ0v) is 17.1. The lowest BCUT2D eigenvalue weighted by molar-refractivity contribution is -0.154. The molecule has 0 spiro atoms. The Bertz CT molecular complexity index is 705. The van der Waals surface area contributed by atoms with E-state index in [1.165, 1.54) is 6.08 Å². The number of methoxy groups -OCH3 is 1. The second-order valence-corrected chi connectivity index (χ2v) is 7.07. The maximum absolute atomic E-state index is 12.2. The van der Waals surface area contributed by atoms with Crippen molar-refractivity contribution in [2.24, 2.45) is 0 Å². The van der Waals surface area contributed by atoms with Gasteiger partial charge in [-0.05, 0) is 51.5 Å². The summed E-state index contributed by atoms with van der Waals surface area (Å²) in [6, 6.07) is 5.36. The minimum absolute atomic E-state index is 0.0269. The van der Waals surface area contributed by atoms with Crippen LogP contribution in [-0.4, -0.2) is 61.9 Å². The number of carbonyl (C=O) groups excluding carboxylic acids is 2. The normalized spacial score (nSPS) is 19.7. The fourth-order valence-electron chi connectivity index (χ4n) is 2.96. The van der Waals surface area contributed by atoms with Crippen molar-refractivity contribution in [3.05, 3.63) is 29.8 Å². The zero-order valence-electron chi connectivity index (χ0n) is 17.1. The molecule has 0 unspecified atom stereocenters.